The SMILES string of the molecule is c1ccc2cc(-c3ccc(N(c4ccc(-c5ccc6ccccc6c5)cc4)c4cc5c(cn4)oc4ccccc45)cc3)ccc2c1. The summed E-state index contributed by atoms with van der Waals surface area (Å²) < 4.78 is 6.11. The minimum absolute atomic E-state index is 0.781. The molecule has 0 saturated carbocycles. The lowest BCUT2D eigenvalue weighted by atomic mass is 10.0. The standard InChI is InChI=1S/C43H28N2O/c1-3-9-33-25-35(15-13-29(33)7-1)31-17-21-37(22-18-31)45(43-27-40-39-11-5-6-12-41(39)46-42(40)28-44-43)38-23-19-32(20-24-38)36-16-14-30-8-2-4-10-34(30)26-36/h1-28H. The smallest absolute Gasteiger partial charge is 0.153 e. The molecule has 46 heavy (non-hydrogen) atoms. The molecule has 0 radical (unpaired) electrons. The Labute approximate surface area is 266 Å². The highest BCUT2D eigenvalue weighted by molar-refractivity contribution is 6.06. The average Bonchev–Trinajstić information content (AvgIpc) is 3.50. The molecule has 0 aliphatic carbocycles. The zero-order valence-electron chi connectivity index (χ0n) is 25.0. The molecule has 0 spiro atoms. The zero-order chi connectivity index (χ0) is 30.5. The molecule has 9 aromatic rings. The second-order valence-corrected chi connectivity index (χ2v) is 11.7. The number of pyridine rings is 1. The molecule has 0 aliphatic rings. The average molecular weight is 589 g/mol. The lowest BCUT2D eigenvalue weighted by Gasteiger charge is -2.25. The van der Waals surface area contributed by atoms with Crippen LogP contribution in [0.3, 0.4) is 0 Å². The van der Waals surface area contributed by atoms with Gasteiger partial charge >= 0.3 is 0 Å². The van der Waals surface area contributed by atoms with E-state index in [1.54, 1.807) is 0 Å². The van der Waals surface area contributed by atoms with Gasteiger partial charge in [0.2, 0.25) is 0 Å². The van der Waals surface area contributed by atoms with Crippen LogP contribution in [0.15, 0.2) is 174 Å². The number of rotatable bonds is 5. The zero-order valence-corrected chi connectivity index (χ0v) is 25.0. The maximum atomic E-state index is 6.11. The third-order valence-corrected chi connectivity index (χ3v) is 8.90. The Morgan fingerprint density at radius 2 is 0.891 bits per heavy atom. The number of anilines is 3. The van der Waals surface area contributed by atoms with Gasteiger partial charge in [0.15, 0.2) is 5.58 Å². The highest BCUT2D eigenvalue weighted by atomic mass is 16.3. The molecule has 2 heterocycles. The third-order valence-electron chi connectivity index (χ3n) is 8.90. The van der Waals surface area contributed by atoms with Crippen LogP contribution >= 0.6 is 0 Å². The summed E-state index contributed by atoms with van der Waals surface area (Å²) in [7, 11) is 0. The predicted octanol–water partition coefficient (Wildman–Crippen LogP) is 12.1. The second-order valence-electron chi connectivity index (χ2n) is 11.7. The van der Waals surface area contributed by atoms with Crippen LogP contribution in [0.5, 0.6) is 0 Å². The molecule has 0 fully saturated rings. The summed E-state index contributed by atoms with van der Waals surface area (Å²) in [5, 5.41) is 7.10. The topological polar surface area (TPSA) is 29.3 Å². The molecule has 0 bridgehead atoms. The lowest BCUT2D eigenvalue weighted by Crippen LogP contribution is -2.11. The molecular formula is C43H28N2O. The van der Waals surface area contributed by atoms with E-state index in [0.29, 0.717) is 0 Å². The van der Waals surface area contributed by atoms with E-state index >= 15 is 0 Å². The van der Waals surface area contributed by atoms with E-state index in [1.165, 1.54) is 43.8 Å². The van der Waals surface area contributed by atoms with E-state index in [4.69, 9.17) is 9.40 Å². The van der Waals surface area contributed by atoms with Crippen LogP contribution in [0.4, 0.5) is 17.2 Å². The van der Waals surface area contributed by atoms with Gasteiger partial charge in [-0.3, -0.25) is 4.90 Å². The number of benzene rings is 7. The van der Waals surface area contributed by atoms with Crippen molar-refractivity contribution in [3.63, 3.8) is 0 Å². The fraction of sp³-hybridized carbons (Fsp3) is 0. The first-order chi connectivity index (χ1) is 22.8. The van der Waals surface area contributed by atoms with Gasteiger partial charge in [0.05, 0.1) is 6.20 Å². The molecule has 0 amide bonds. The van der Waals surface area contributed by atoms with Gasteiger partial charge < -0.3 is 4.42 Å². The van der Waals surface area contributed by atoms with Crippen LogP contribution in [-0.4, -0.2) is 4.98 Å². The van der Waals surface area contributed by atoms with Crippen molar-refractivity contribution < 1.29 is 4.42 Å². The normalized spacial score (nSPS) is 11.5. The van der Waals surface area contributed by atoms with Gasteiger partial charge in [0.25, 0.3) is 0 Å². The molecule has 0 N–H and O–H groups in total. The monoisotopic (exact) mass is 588 g/mol. The maximum absolute atomic E-state index is 6.11. The Bertz CT molecular complexity index is 2410. The third kappa shape index (κ3) is 4.58. The number of hydrogen-bond donors (Lipinski definition) is 0. The quantitative estimate of drug-likeness (QED) is 0.200. The Balaban J connectivity index is 1.14. The van der Waals surface area contributed by atoms with Gasteiger partial charge in [-0.05, 0) is 92.3 Å². The Morgan fingerprint density at radius 1 is 0.391 bits per heavy atom. The summed E-state index contributed by atoms with van der Waals surface area (Å²) in [5.41, 5.74) is 8.44. The van der Waals surface area contributed by atoms with Crippen molar-refractivity contribution in [1.29, 1.82) is 0 Å². The van der Waals surface area contributed by atoms with Crippen molar-refractivity contribution in [1.82, 2.24) is 4.98 Å². The summed E-state index contributed by atoms with van der Waals surface area (Å²) in [5.74, 6) is 0.830. The van der Waals surface area contributed by atoms with E-state index in [1.807, 2.05) is 24.4 Å². The summed E-state index contributed by atoms with van der Waals surface area (Å²) in [6.07, 6.45) is 1.84. The highest BCUT2D eigenvalue weighted by Crippen LogP contribution is 2.39. The lowest BCUT2D eigenvalue weighted by molar-refractivity contribution is 0.667. The van der Waals surface area contributed by atoms with Crippen molar-refractivity contribution in [2.24, 2.45) is 0 Å². The molecule has 0 aliphatic heterocycles. The van der Waals surface area contributed by atoms with Crippen LogP contribution in [0, 0.1) is 0 Å². The molecule has 2 aromatic heterocycles. The number of fused-ring (bicyclic) bond motifs is 5. The maximum Gasteiger partial charge on any atom is 0.153 e. The number of nitrogens with zero attached hydrogens (tertiary/aromatic N) is 2. The van der Waals surface area contributed by atoms with Crippen molar-refractivity contribution in [2.75, 3.05) is 4.90 Å². The molecule has 0 atom stereocenters. The van der Waals surface area contributed by atoms with Crippen molar-refractivity contribution >= 4 is 60.7 Å². The Kier molecular flexibility index (Phi) is 6.14. The number of furan rings is 1. The van der Waals surface area contributed by atoms with E-state index in [-0.39, 0.29) is 0 Å². The number of hydrogen-bond acceptors (Lipinski definition) is 3. The summed E-state index contributed by atoms with van der Waals surface area (Å²) in [6.45, 7) is 0. The van der Waals surface area contributed by atoms with Gasteiger partial charge in [-0.25, -0.2) is 4.98 Å². The van der Waals surface area contributed by atoms with E-state index in [0.717, 1.165) is 39.1 Å². The van der Waals surface area contributed by atoms with Gasteiger partial charge in [-0.15, -0.1) is 0 Å². The van der Waals surface area contributed by atoms with Crippen molar-refractivity contribution in [2.45, 2.75) is 0 Å². The van der Waals surface area contributed by atoms with Crippen LogP contribution in [0.2, 0.25) is 0 Å². The summed E-state index contributed by atoms with van der Waals surface area (Å²) >= 11 is 0. The fourth-order valence-corrected chi connectivity index (χ4v) is 6.50. The Hall–Kier alpha value is -6.19. The molecule has 216 valence electrons. The van der Waals surface area contributed by atoms with E-state index in [2.05, 4.69) is 150 Å². The Morgan fingerprint density at radius 3 is 1.48 bits per heavy atom. The molecule has 7 aromatic carbocycles. The first-order valence-corrected chi connectivity index (χ1v) is 15.5. The first-order valence-electron chi connectivity index (χ1n) is 15.5. The van der Waals surface area contributed by atoms with Crippen LogP contribution in [-0.2, 0) is 0 Å². The van der Waals surface area contributed by atoms with Crippen LogP contribution in [0.25, 0.3) is 65.7 Å². The number of aromatic nitrogens is 1. The minimum atomic E-state index is 0.781. The number of para-hydroxylation sites is 1. The van der Waals surface area contributed by atoms with Gasteiger partial charge in [0.1, 0.15) is 11.4 Å². The van der Waals surface area contributed by atoms with Crippen LogP contribution < -0.4 is 4.90 Å². The van der Waals surface area contributed by atoms with E-state index in [9.17, 15) is 0 Å². The molecular weight excluding hydrogens is 560 g/mol. The predicted molar refractivity (Wildman–Crippen MR) is 192 cm³/mol. The second kappa shape index (κ2) is 10.8. The van der Waals surface area contributed by atoms with Crippen molar-refractivity contribution in [3.8, 4) is 22.3 Å². The summed E-state index contributed by atoms with van der Waals surface area (Å²) in [6, 6.07) is 58.1. The first kappa shape index (κ1) is 26.2. The van der Waals surface area contributed by atoms with E-state index < -0.39 is 0 Å². The molecule has 0 unspecified atom stereocenters. The van der Waals surface area contributed by atoms with Gasteiger partial charge in [-0.1, -0.05) is 115 Å². The molecule has 9 rings (SSSR count). The molecule has 3 heteroatoms. The van der Waals surface area contributed by atoms with Gasteiger partial charge in [0, 0.05) is 22.1 Å². The molecule has 3 nitrogen and oxygen atoms in total. The minimum Gasteiger partial charge on any atom is -0.454 e. The van der Waals surface area contributed by atoms with Crippen LogP contribution in [0.1, 0.15) is 0 Å². The van der Waals surface area contributed by atoms with Gasteiger partial charge in [-0.2, -0.15) is 0 Å². The largest absolute Gasteiger partial charge is 0.454 e. The fourth-order valence-electron chi connectivity index (χ4n) is 6.50. The summed E-state index contributed by atoms with van der Waals surface area (Å²) in [4.78, 5) is 7.13. The highest BCUT2D eigenvalue weighted by Gasteiger charge is 2.17. The van der Waals surface area contributed by atoms with Crippen molar-refractivity contribution in [3.05, 3.63) is 170 Å². The molecule has 0 saturated heterocycles.